The molecular weight excluding hydrogens is 295 g/mol. The second-order valence-corrected chi connectivity index (χ2v) is 5.22. The molecule has 0 bridgehead atoms. The van der Waals surface area contributed by atoms with Crippen molar-refractivity contribution in [2.24, 2.45) is 0 Å². The normalized spacial score (nSPS) is 11.9. The van der Waals surface area contributed by atoms with Crippen molar-refractivity contribution in [2.75, 3.05) is 20.6 Å². The quantitative estimate of drug-likeness (QED) is 0.780. The third-order valence-corrected chi connectivity index (χ3v) is 3.16. The van der Waals surface area contributed by atoms with Gasteiger partial charge in [-0.2, -0.15) is 13.2 Å². The van der Waals surface area contributed by atoms with E-state index in [9.17, 15) is 18.0 Å². The van der Waals surface area contributed by atoms with Crippen molar-refractivity contribution >= 4 is 5.78 Å². The first kappa shape index (κ1) is 16.3. The van der Waals surface area contributed by atoms with Gasteiger partial charge in [0.05, 0.1) is 5.56 Å². The van der Waals surface area contributed by atoms with Gasteiger partial charge in [0.1, 0.15) is 5.76 Å². The number of alkyl halides is 3. The van der Waals surface area contributed by atoms with E-state index in [4.69, 9.17) is 4.42 Å². The summed E-state index contributed by atoms with van der Waals surface area (Å²) in [5.41, 5.74) is -0.218. The third-order valence-electron chi connectivity index (χ3n) is 3.16. The minimum atomic E-state index is -4.37. The van der Waals surface area contributed by atoms with E-state index in [1.165, 1.54) is 12.1 Å². The molecule has 0 atom stereocenters. The lowest BCUT2D eigenvalue weighted by molar-refractivity contribution is -0.137. The van der Waals surface area contributed by atoms with Crippen LogP contribution in [-0.4, -0.2) is 31.3 Å². The highest BCUT2D eigenvalue weighted by Crippen LogP contribution is 2.31. The van der Waals surface area contributed by atoms with Crippen LogP contribution in [-0.2, 0) is 6.18 Å². The number of ketones is 1. The molecule has 3 nitrogen and oxygen atoms in total. The van der Waals surface area contributed by atoms with Crippen molar-refractivity contribution < 1.29 is 22.4 Å². The summed E-state index contributed by atoms with van der Waals surface area (Å²) >= 11 is 0. The largest absolute Gasteiger partial charge is 0.453 e. The third kappa shape index (κ3) is 3.98. The maximum absolute atomic E-state index is 12.5. The molecule has 0 spiro atoms. The van der Waals surface area contributed by atoms with E-state index in [0.29, 0.717) is 24.3 Å². The molecule has 2 aromatic rings. The zero-order valence-corrected chi connectivity index (χ0v) is 12.3. The second-order valence-electron chi connectivity index (χ2n) is 5.22. The zero-order valence-electron chi connectivity index (χ0n) is 12.3. The van der Waals surface area contributed by atoms with Gasteiger partial charge < -0.3 is 9.32 Å². The maximum atomic E-state index is 12.5. The summed E-state index contributed by atoms with van der Waals surface area (Å²) in [5.74, 6) is 0.463. The number of carbonyl (C=O) groups is 1. The molecule has 1 aromatic carbocycles. The Labute approximate surface area is 126 Å². The number of carbonyl (C=O) groups excluding carboxylic acids is 1. The average Bonchev–Trinajstić information content (AvgIpc) is 2.93. The molecule has 0 saturated heterocycles. The van der Waals surface area contributed by atoms with Crippen molar-refractivity contribution in [3.8, 4) is 11.3 Å². The minimum Gasteiger partial charge on any atom is -0.453 e. The van der Waals surface area contributed by atoms with Gasteiger partial charge in [-0.1, -0.05) is 12.1 Å². The van der Waals surface area contributed by atoms with Gasteiger partial charge in [-0.15, -0.1) is 0 Å². The lowest BCUT2D eigenvalue weighted by atomic mass is 10.1. The Kier molecular flexibility index (Phi) is 4.71. The van der Waals surface area contributed by atoms with Gasteiger partial charge in [0, 0.05) is 18.5 Å². The predicted molar refractivity (Wildman–Crippen MR) is 76.6 cm³/mol. The zero-order chi connectivity index (χ0) is 16.3. The molecule has 22 heavy (non-hydrogen) atoms. The molecule has 1 aromatic heterocycles. The summed E-state index contributed by atoms with van der Waals surface area (Å²) in [7, 11) is 3.73. The molecule has 2 rings (SSSR count). The van der Waals surface area contributed by atoms with E-state index >= 15 is 0 Å². The molecule has 0 saturated carbocycles. The molecular formula is C16H16F3NO2. The van der Waals surface area contributed by atoms with Gasteiger partial charge in [-0.3, -0.25) is 4.79 Å². The van der Waals surface area contributed by atoms with Crippen LogP contribution >= 0.6 is 0 Å². The molecule has 0 N–H and O–H groups in total. The van der Waals surface area contributed by atoms with Crippen LogP contribution in [0.4, 0.5) is 13.2 Å². The molecule has 0 radical (unpaired) electrons. The fourth-order valence-electron chi connectivity index (χ4n) is 1.91. The van der Waals surface area contributed by atoms with Crippen molar-refractivity contribution in [1.29, 1.82) is 0 Å². The van der Waals surface area contributed by atoms with Crippen molar-refractivity contribution in [3.05, 3.63) is 47.7 Å². The Morgan fingerprint density at radius 1 is 1.09 bits per heavy atom. The Morgan fingerprint density at radius 3 is 2.27 bits per heavy atom. The number of hydrogen-bond donors (Lipinski definition) is 0. The maximum Gasteiger partial charge on any atom is 0.416 e. The standard InChI is InChI=1S/C16H16F3NO2/c1-20(2)10-9-13(21)15-8-7-14(22-15)11-3-5-12(6-4-11)16(17,18)19/h3-8H,9-10H2,1-2H3. The first-order valence-corrected chi connectivity index (χ1v) is 6.73. The smallest absolute Gasteiger partial charge is 0.416 e. The molecule has 0 unspecified atom stereocenters. The van der Waals surface area contributed by atoms with E-state index in [0.717, 1.165) is 12.1 Å². The first-order chi connectivity index (χ1) is 10.3. The SMILES string of the molecule is CN(C)CCC(=O)c1ccc(-c2ccc(C(F)(F)F)cc2)o1. The Balaban J connectivity index is 2.13. The summed E-state index contributed by atoms with van der Waals surface area (Å²) in [4.78, 5) is 13.8. The lowest BCUT2D eigenvalue weighted by Gasteiger charge is -2.07. The summed E-state index contributed by atoms with van der Waals surface area (Å²) in [6, 6.07) is 7.78. The highest BCUT2D eigenvalue weighted by atomic mass is 19.4. The monoisotopic (exact) mass is 311 g/mol. The van der Waals surface area contributed by atoms with Gasteiger partial charge in [0.2, 0.25) is 0 Å². The molecule has 0 fully saturated rings. The van der Waals surface area contributed by atoms with E-state index in [1.54, 1.807) is 12.1 Å². The van der Waals surface area contributed by atoms with Crippen LogP contribution in [0.2, 0.25) is 0 Å². The van der Waals surface area contributed by atoms with Crippen LogP contribution in [0.3, 0.4) is 0 Å². The van der Waals surface area contributed by atoms with E-state index in [2.05, 4.69) is 0 Å². The fourth-order valence-corrected chi connectivity index (χ4v) is 1.91. The molecule has 118 valence electrons. The first-order valence-electron chi connectivity index (χ1n) is 6.73. The van der Waals surface area contributed by atoms with Crippen LogP contribution in [0.5, 0.6) is 0 Å². The van der Waals surface area contributed by atoms with Crippen molar-refractivity contribution in [3.63, 3.8) is 0 Å². The summed E-state index contributed by atoms with van der Waals surface area (Å²) in [5, 5.41) is 0. The number of Topliss-reactive ketones (excluding diaryl/α,β-unsaturated/α-hetero) is 1. The van der Waals surface area contributed by atoms with Crippen molar-refractivity contribution in [2.45, 2.75) is 12.6 Å². The number of halogens is 3. The molecule has 6 heteroatoms. The predicted octanol–water partition coefficient (Wildman–Crippen LogP) is 4.10. The summed E-state index contributed by atoms with van der Waals surface area (Å²) in [6.45, 7) is 0.606. The Bertz CT molecular complexity index is 642. The van der Waals surface area contributed by atoms with Gasteiger partial charge in [-0.25, -0.2) is 0 Å². The molecule has 0 amide bonds. The molecule has 0 aliphatic rings. The highest BCUT2D eigenvalue weighted by molar-refractivity contribution is 5.94. The van der Waals surface area contributed by atoms with Gasteiger partial charge in [0.15, 0.2) is 11.5 Å². The Morgan fingerprint density at radius 2 is 1.73 bits per heavy atom. The van der Waals surface area contributed by atoms with E-state index in [-0.39, 0.29) is 11.5 Å². The second kappa shape index (κ2) is 6.36. The van der Waals surface area contributed by atoms with Crippen LogP contribution in [0.25, 0.3) is 11.3 Å². The lowest BCUT2D eigenvalue weighted by Crippen LogP contribution is -2.16. The summed E-state index contributed by atoms with van der Waals surface area (Å²) in [6.07, 6.45) is -4.04. The van der Waals surface area contributed by atoms with Gasteiger partial charge in [0.25, 0.3) is 0 Å². The Hall–Kier alpha value is -2.08. The molecule has 0 aliphatic carbocycles. The van der Waals surface area contributed by atoms with Gasteiger partial charge in [-0.05, 0) is 38.4 Å². The molecule has 1 heterocycles. The molecule has 0 aliphatic heterocycles. The highest BCUT2D eigenvalue weighted by Gasteiger charge is 2.30. The van der Waals surface area contributed by atoms with E-state index in [1.807, 2.05) is 19.0 Å². The van der Waals surface area contributed by atoms with Crippen LogP contribution in [0.1, 0.15) is 22.5 Å². The number of rotatable bonds is 5. The van der Waals surface area contributed by atoms with Crippen LogP contribution in [0, 0.1) is 0 Å². The number of hydrogen-bond acceptors (Lipinski definition) is 3. The van der Waals surface area contributed by atoms with E-state index < -0.39 is 11.7 Å². The number of nitrogens with zero attached hydrogens (tertiary/aromatic N) is 1. The van der Waals surface area contributed by atoms with Gasteiger partial charge >= 0.3 is 6.18 Å². The van der Waals surface area contributed by atoms with Crippen molar-refractivity contribution in [1.82, 2.24) is 4.90 Å². The van der Waals surface area contributed by atoms with Crippen LogP contribution in [0.15, 0.2) is 40.8 Å². The fraction of sp³-hybridized carbons (Fsp3) is 0.312. The number of benzene rings is 1. The number of furan rings is 1. The minimum absolute atomic E-state index is 0.133. The van der Waals surface area contributed by atoms with Crippen LogP contribution < -0.4 is 0 Å². The topological polar surface area (TPSA) is 33.5 Å². The summed E-state index contributed by atoms with van der Waals surface area (Å²) < 4.78 is 43.0. The average molecular weight is 311 g/mol.